The van der Waals surface area contributed by atoms with Crippen molar-refractivity contribution in [2.75, 3.05) is 25.5 Å². The minimum Gasteiger partial charge on any atom is -0.481 e. The van der Waals surface area contributed by atoms with E-state index in [4.69, 9.17) is 13.9 Å². The number of aliphatic carboxylic acids is 2. The summed E-state index contributed by atoms with van der Waals surface area (Å²) in [6.45, 7) is 4.49. The van der Waals surface area contributed by atoms with E-state index in [1.165, 1.54) is 49.9 Å². The fourth-order valence-corrected chi connectivity index (χ4v) is 9.14. The Morgan fingerprint density at radius 3 is 1.81 bits per heavy atom. The number of carboxylic acid groups (broad SMARTS) is 2. The number of carboxylic acids is 2. The van der Waals surface area contributed by atoms with Crippen molar-refractivity contribution in [1.29, 1.82) is 0 Å². The van der Waals surface area contributed by atoms with Gasteiger partial charge in [0.05, 0.1) is 36.9 Å². The van der Waals surface area contributed by atoms with Crippen LogP contribution in [0.15, 0.2) is 87.1 Å². The number of benzene rings is 2. The quantitative estimate of drug-likeness (QED) is 0.0764. The number of rotatable bonds is 13. The molecule has 3 aromatic heterocycles. The molecule has 3 aliphatic rings. The Labute approximate surface area is 359 Å². The van der Waals surface area contributed by atoms with E-state index in [2.05, 4.69) is 20.9 Å². The molecule has 62 heavy (non-hydrogen) atoms. The van der Waals surface area contributed by atoms with E-state index >= 15 is 0 Å². The first kappa shape index (κ1) is 43.9. The summed E-state index contributed by atoms with van der Waals surface area (Å²) in [7, 11) is 1.78. The number of aromatic nitrogens is 1. The number of nitrogens with one attached hydrogen (secondary N) is 3. The number of nitrogens with zero attached hydrogens (tertiary/aromatic N) is 2. The molecule has 1 aliphatic heterocycles. The summed E-state index contributed by atoms with van der Waals surface area (Å²) in [5.41, 5.74) is 5.46. The van der Waals surface area contributed by atoms with E-state index in [-0.39, 0.29) is 48.1 Å². The summed E-state index contributed by atoms with van der Waals surface area (Å²) < 4.78 is 40.0. The number of aryl methyl sites for hydroxylation is 2. The smallest absolute Gasteiger partial charge is 0.352 e. The van der Waals surface area contributed by atoms with Crippen molar-refractivity contribution in [2.24, 2.45) is 11.8 Å². The lowest BCUT2D eigenvalue weighted by Gasteiger charge is -2.33. The summed E-state index contributed by atoms with van der Waals surface area (Å²) >= 11 is 0. The third-order valence-electron chi connectivity index (χ3n) is 12.4. The molecule has 2 unspecified atom stereocenters. The Hall–Kier alpha value is -6.18. The van der Waals surface area contributed by atoms with Gasteiger partial charge in [-0.1, -0.05) is 38.5 Å². The number of furan rings is 2. The second-order valence-corrected chi connectivity index (χ2v) is 16.7. The minimum absolute atomic E-state index is 0.0230. The van der Waals surface area contributed by atoms with Gasteiger partial charge in [-0.2, -0.15) is 0 Å². The topological polar surface area (TPSA) is 170 Å². The molecular weight excluding hydrogens is 797 g/mol. The maximum Gasteiger partial charge on any atom is 0.352 e. The van der Waals surface area contributed by atoms with Gasteiger partial charge in [-0.3, -0.25) is 9.59 Å². The Morgan fingerprint density at radius 1 is 0.774 bits per heavy atom. The van der Waals surface area contributed by atoms with Crippen LogP contribution in [0.2, 0.25) is 0 Å². The molecule has 4 heterocycles. The summed E-state index contributed by atoms with van der Waals surface area (Å²) in [6, 6.07) is 12.5. The fraction of sp³-hybridized carbons (Fsp3) is 0.417. The van der Waals surface area contributed by atoms with Crippen LogP contribution in [0.25, 0.3) is 21.9 Å². The van der Waals surface area contributed by atoms with Crippen molar-refractivity contribution in [3.8, 4) is 0 Å². The van der Waals surface area contributed by atoms with Crippen LogP contribution in [0.3, 0.4) is 0 Å². The molecule has 0 bridgehead atoms. The number of hydrogen-bond donors (Lipinski definition) is 5. The molecule has 2 aliphatic carbocycles. The van der Waals surface area contributed by atoms with Crippen LogP contribution in [0.1, 0.15) is 116 Å². The summed E-state index contributed by atoms with van der Waals surface area (Å²) in [4.78, 5) is 40.1. The van der Waals surface area contributed by atoms with Crippen molar-refractivity contribution in [3.05, 3.63) is 118 Å². The molecule has 328 valence electrons. The number of allylic oxidation sites excluding steroid dienone is 2. The largest absolute Gasteiger partial charge is 0.481 e. The van der Waals surface area contributed by atoms with Crippen molar-refractivity contribution in [3.63, 3.8) is 0 Å². The first-order valence-electron chi connectivity index (χ1n) is 21.6. The van der Waals surface area contributed by atoms with E-state index in [1.807, 2.05) is 19.9 Å². The zero-order valence-electron chi connectivity index (χ0n) is 35.4. The molecular formula is C48H55F2N5O7. The Balaban J connectivity index is 0.000000188. The van der Waals surface area contributed by atoms with Crippen molar-refractivity contribution in [2.45, 2.75) is 96.6 Å². The van der Waals surface area contributed by atoms with Gasteiger partial charge in [0, 0.05) is 41.2 Å². The number of carbonyl (C=O) groups excluding carboxylic acids is 1. The van der Waals surface area contributed by atoms with Gasteiger partial charge >= 0.3 is 11.9 Å². The first-order valence-corrected chi connectivity index (χ1v) is 21.6. The molecule has 12 nitrogen and oxygen atoms in total. The average Bonchev–Trinajstić information content (AvgIpc) is 3.76. The molecule has 0 radical (unpaired) electrons. The number of pyridine rings is 1. The van der Waals surface area contributed by atoms with Gasteiger partial charge in [-0.25, -0.2) is 18.6 Å². The first-order chi connectivity index (χ1) is 29.9. The highest BCUT2D eigenvalue weighted by Gasteiger charge is 2.32. The maximum atomic E-state index is 13.8. The lowest BCUT2D eigenvalue weighted by molar-refractivity contribution is -0.137. The van der Waals surface area contributed by atoms with Crippen LogP contribution >= 0.6 is 0 Å². The zero-order chi connectivity index (χ0) is 43.9. The van der Waals surface area contributed by atoms with E-state index in [9.17, 15) is 28.3 Å². The van der Waals surface area contributed by atoms with Gasteiger partial charge < -0.3 is 39.9 Å². The standard InChI is InChI=1S/C25H28FN3O4.C23H27FN2O3/c1-15-19-13-17(26)7-10-21(19)33-24(15)23(16-5-3-2-4-6-16)29-18-8-9-20(28-14-18)25(32)27-12-11-22(30)31;1-14-18-12-16(24)8-11-20(18)29-22(14)21(15-6-4-3-5-7-15)25-17-9-10-19(23(27)28)26(2)13-17/h7-10,13-14,16,23,29H,2-6,11-12H2,1H3,(H,27,32)(H,30,31);8-12,15,21,25H,3-7,13H2,1-2H3,(H,27,28). The lowest BCUT2D eigenvalue weighted by Crippen LogP contribution is -2.36. The summed E-state index contributed by atoms with van der Waals surface area (Å²) in [5, 5.41) is 29.3. The van der Waals surface area contributed by atoms with Crippen molar-refractivity contribution >= 4 is 45.5 Å². The normalized spacial score (nSPS) is 17.1. The third kappa shape index (κ3) is 10.3. The predicted molar refractivity (Wildman–Crippen MR) is 232 cm³/mol. The number of likely N-dealkylation sites (N-methyl/N-ethyl adjacent to an activating group) is 1. The predicted octanol–water partition coefficient (Wildman–Crippen LogP) is 10.1. The zero-order valence-corrected chi connectivity index (χ0v) is 35.4. The van der Waals surface area contributed by atoms with Gasteiger partial charge in [-0.15, -0.1) is 0 Å². The number of carbonyl (C=O) groups is 3. The van der Waals surface area contributed by atoms with E-state index in [1.54, 1.807) is 48.5 Å². The molecule has 2 saturated carbocycles. The van der Waals surface area contributed by atoms with Gasteiger partial charge in [-0.05, 0) is 112 Å². The number of anilines is 1. The molecule has 2 atom stereocenters. The van der Waals surface area contributed by atoms with Crippen LogP contribution in [0, 0.1) is 37.3 Å². The Kier molecular flexibility index (Phi) is 13.9. The molecule has 0 saturated heterocycles. The average molecular weight is 852 g/mol. The van der Waals surface area contributed by atoms with Crippen LogP contribution in [0.4, 0.5) is 14.5 Å². The fourth-order valence-electron chi connectivity index (χ4n) is 9.14. The molecule has 2 aromatic carbocycles. The van der Waals surface area contributed by atoms with Gasteiger partial charge in [0.1, 0.15) is 45.7 Å². The number of halogens is 2. The number of fused-ring (bicyclic) bond motifs is 2. The Bertz CT molecular complexity index is 2460. The highest BCUT2D eigenvalue weighted by molar-refractivity contribution is 5.92. The second-order valence-electron chi connectivity index (χ2n) is 16.7. The van der Waals surface area contributed by atoms with E-state index in [0.717, 1.165) is 83.3 Å². The highest BCUT2D eigenvalue weighted by Crippen LogP contribution is 2.42. The summed E-state index contributed by atoms with van der Waals surface area (Å²) in [6.07, 6.45) is 16.5. The molecule has 5 aromatic rings. The maximum absolute atomic E-state index is 13.8. The SMILES string of the molecule is Cc1c(C(NC2=CC=C(C(=O)O)N(C)C2)C2CCCCC2)oc2ccc(F)cc12.Cc1c(C(Nc2ccc(C(=O)NCCC(=O)O)nc2)C2CCCCC2)oc2ccc(F)cc12. The van der Waals surface area contributed by atoms with Crippen LogP contribution in [-0.2, 0) is 9.59 Å². The van der Waals surface area contributed by atoms with Crippen LogP contribution < -0.4 is 16.0 Å². The van der Waals surface area contributed by atoms with Crippen molar-refractivity contribution < 1.29 is 42.2 Å². The second kappa shape index (κ2) is 19.7. The van der Waals surface area contributed by atoms with Crippen molar-refractivity contribution in [1.82, 2.24) is 20.5 Å². The number of hydrogen-bond acceptors (Lipinski definition) is 9. The summed E-state index contributed by atoms with van der Waals surface area (Å²) in [5.74, 6) is -0.429. The molecule has 14 heteroatoms. The third-order valence-corrected chi connectivity index (χ3v) is 12.4. The van der Waals surface area contributed by atoms with Gasteiger partial charge in [0.25, 0.3) is 5.91 Å². The Morgan fingerprint density at radius 2 is 1.32 bits per heavy atom. The molecule has 2 fully saturated rings. The van der Waals surface area contributed by atoms with Crippen LogP contribution in [0.5, 0.6) is 0 Å². The monoisotopic (exact) mass is 851 g/mol. The molecule has 5 N–H and O–H groups in total. The van der Waals surface area contributed by atoms with Crippen LogP contribution in [-0.4, -0.2) is 58.1 Å². The lowest BCUT2D eigenvalue weighted by atomic mass is 9.82. The highest BCUT2D eigenvalue weighted by atomic mass is 19.1. The molecule has 0 spiro atoms. The minimum atomic E-state index is -0.972. The number of amides is 1. The van der Waals surface area contributed by atoms with E-state index in [0.29, 0.717) is 29.5 Å². The van der Waals surface area contributed by atoms with E-state index < -0.39 is 17.8 Å². The van der Waals surface area contributed by atoms with Gasteiger partial charge in [0.15, 0.2) is 0 Å². The molecule has 8 rings (SSSR count). The van der Waals surface area contributed by atoms with Gasteiger partial charge in [0.2, 0.25) is 0 Å². The molecule has 1 amide bonds.